The molecular formula is C15H11F5N8O. The number of imidazole rings is 2. The van der Waals surface area contributed by atoms with E-state index in [0.29, 0.717) is 5.69 Å². The van der Waals surface area contributed by atoms with Crippen molar-refractivity contribution in [2.75, 3.05) is 13.7 Å². The molecule has 0 unspecified atom stereocenters. The summed E-state index contributed by atoms with van der Waals surface area (Å²) in [7, 11) is 1.12. The van der Waals surface area contributed by atoms with Crippen molar-refractivity contribution < 1.29 is 26.7 Å². The van der Waals surface area contributed by atoms with Gasteiger partial charge in [-0.1, -0.05) is 0 Å². The van der Waals surface area contributed by atoms with Crippen LogP contribution < -0.4 is 0 Å². The number of hydrogen-bond acceptors (Lipinski definition) is 6. The molecule has 14 heteroatoms. The van der Waals surface area contributed by atoms with Crippen LogP contribution in [0.5, 0.6) is 0 Å². The Labute approximate surface area is 158 Å². The molecule has 0 amide bonds. The standard InChI is InChI=1S/C15H11F5N8O/c1-29-5-14(16,17)8-2-3-28-10(7-4-21-6-22-7)9(24-13(28)23-8)11-25-12(27-26-11)15(18,19)20/h2-4,6H,5H2,1H3,(H,21,22)(H,25,26,27). The van der Waals surface area contributed by atoms with Crippen LogP contribution in [0.15, 0.2) is 24.8 Å². The maximum atomic E-state index is 14.1. The zero-order valence-electron chi connectivity index (χ0n) is 14.5. The lowest BCUT2D eigenvalue weighted by molar-refractivity contribution is -0.144. The molecule has 0 aromatic carbocycles. The summed E-state index contributed by atoms with van der Waals surface area (Å²) in [6.45, 7) is -0.896. The van der Waals surface area contributed by atoms with Gasteiger partial charge in [-0.15, -0.1) is 0 Å². The summed E-state index contributed by atoms with van der Waals surface area (Å²) >= 11 is 0. The van der Waals surface area contributed by atoms with Crippen LogP contribution in [0.4, 0.5) is 22.0 Å². The third kappa shape index (κ3) is 3.30. The van der Waals surface area contributed by atoms with Gasteiger partial charge in [0.25, 0.3) is 0 Å². The number of ether oxygens (including phenoxy) is 1. The number of aromatic amines is 2. The number of nitrogens with zero attached hydrogens (tertiary/aromatic N) is 6. The van der Waals surface area contributed by atoms with Crippen molar-refractivity contribution in [3.63, 3.8) is 0 Å². The van der Waals surface area contributed by atoms with Gasteiger partial charge in [-0.25, -0.2) is 19.9 Å². The van der Waals surface area contributed by atoms with Crippen molar-refractivity contribution >= 4 is 5.78 Å². The van der Waals surface area contributed by atoms with Crippen molar-refractivity contribution in [3.05, 3.63) is 36.3 Å². The van der Waals surface area contributed by atoms with Gasteiger partial charge in [0.1, 0.15) is 23.7 Å². The lowest BCUT2D eigenvalue weighted by Crippen LogP contribution is -2.22. The van der Waals surface area contributed by atoms with Crippen LogP contribution in [-0.4, -0.2) is 53.2 Å². The summed E-state index contributed by atoms with van der Waals surface area (Å²) in [5.41, 5.74) is -0.144. The van der Waals surface area contributed by atoms with Crippen LogP contribution in [0.1, 0.15) is 11.5 Å². The van der Waals surface area contributed by atoms with E-state index in [4.69, 9.17) is 0 Å². The Bertz CT molecular complexity index is 1150. The van der Waals surface area contributed by atoms with E-state index in [1.807, 2.05) is 0 Å². The van der Waals surface area contributed by atoms with E-state index in [9.17, 15) is 22.0 Å². The van der Waals surface area contributed by atoms with Gasteiger partial charge in [-0.3, -0.25) is 9.50 Å². The predicted octanol–water partition coefficient (Wildman–Crippen LogP) is 2.66. The predicted molar refractivity (Wildman–Crippen MR) is 86.7 cm³/mol. The van der Waals surface area contributed by atoms with Crippen LogP contribution in [0.2, 0.25) is 0 Å². The molecule has 0 aliphatic carbocycles. The van der Waals surface area contributed by atoms with Gasteiger partial charge in [0.15, 0.2) is 0 Å². The molecule has 0 aliphatic heterocycles. The first-order valence-corrected chi connectivity index (χ1v) is 7.96. The molecule has 4 aromatic rings. The van der Waals surface area contributed by atoms with E-state index in [1.165, 1.54) is 23.1 Å². The van der Waals surface area contributed by atoms with Gasteiger partial charge >= 0.3 is 12.1 Å². The smallest absolute Gasteiger partial charge is 0.378 e. The number of halogens is 5. The van der Waals surface area contributed by atoms with Crippen LogP contribution >= 0.6 is 0 Å². The summed E-state index contributed by atoms with van der Waals surface area (Å²) in [4.78, 5) is 18.0. The second-order valence-electron chi connectivity index (χ2n) is 5.90. The monoisotopic (exact) mass is 414 g/mol. The van der Waals surface area contributed by atoms with Crippen LogP contribution in [-0.2, 0) is 16.8 Å². The molecule has 0 atom stereocenters. The largest absolute Gasteiger partial charge is 0.451 e. The van der Waals surface area contributed by atoms with Gasteiger partial charge in [0.2, 0.25) is 17.4 Å². The normalized spacial score (nSPS) is 12.8. The molecule has 152 valence electrons. The first-order valence-electron chi connectivity index (χ1n) is 7.96. The molecule has 0 saturated carbocycles. The molecule has 0 saturated heterocycles. The Balaban J connectivity index is 1.91. The quantitative estimate of drug-likeness (QED) is 0.486. The second kappa shape index (κ2) is 6.58. The molecule has 0 bridgehead atoms. The minimum atomic E-state index is -4.74. The Kier molecular flexibility index (Phi) is 4.29. The summed E-state index contributed by atoms with van der Waals surface area (Å²) in [5, 5.41) is 5.35. The van der Waals surface area contributed by atoms with E-state index >= 15 is 0 Å². The fraction of sp³-hybridized carbons (Fsp3) is 0.267. The van der Waals surface area contributed by atoms with Gasteiger partial charge < -0.3 is 9.72 Å². The second-order valence-corrected chi connectivity index (χ2v) is 5.90. The lowest BCUT2D eigenvalue weighted by Gasteiger charge is -2.14. The van der Waals surface area contributed by atoms with Crippen LogP contribution in [0.3, 0.4) is 0 Å². The highest BCUT2D eigenvalue weighted by Gasteiger charge is 2.37. The number of nitrogens with one attached hydrogen (secondary N) is 2. The molecule has 29 heavy (non-hydrogen) atoms. The first kappa shape index (κ1) is 18.9. The molecular weight excluding hydrogens is 403 g/mol. The Morgan fingerprint density at radius 3 is 2.55 bits per heavy atom. The summed E-state index contributed by atoms with van der Waals surface area (Å²) in [6.07, 6.45) is -0.749. The average molecular weight is 414 g/mol. The third-order valence-corrected chi connectivity index (χ3v) is 3.91. The van der Waals surface area contributed by atoms with Crippen LogP contribution in [0.25, 0.3) is 28.7 Å². The Morgan fingerprint density at radius 2 is 1.93 bits per heavy atom. The number of H-pyrrole nitrogens is 2. The number of rotatable bonds is 5. The molecule has 2 N–H and O–H groups in total. The number of aromatic nitrogens is 8. The summed E-state index contributed by atoms with van der Waals surface area (Å²) in [6, 6.07) is 1.07. The van der Waals surface area contributed by atoms with Gasteiger partial charge in [-0.05, 0) is 6.07 Å². The first-order chi connectivity index (χ1) is 13.7. The molecule has 4 heterocycles. The van der Waals surface area contributed by atoms with Crippen molar-refractivity contribution in [3.8, 4) is 22.9 Å². The van der Waals surface area contributed by atoms with Crippen molar-refractivity contribution in [1.82, 2.24) is 39.5 Å². The van der Waals surface area contributed by atoms with E-state index in [1.54, 1.807) is 5.10 Å². The highest BCUT2D eigenvalue weighted by molar-refractivity contribution is 5.76. The molecule has 0 radical (unpaired) electrons. The topological polar surface area (TPSA) is 110 Å². The lowest BCUT2D eigenvalue weighted by atomic mass is 10.2. The van der Waals surface area contributed by atoms with Gasteiger partial charge in [0.05, 0.1) is 18.2 Å². The zero-order valence-corrected chi connectivity index (χ0v) is 14.5. The van der Waals surface area contributed by atoms with Gasteiger partial charge in [-0.2, -0.15) is 27.1 Å². The number of hydrogen-bond donors (Lipinski definition) is 2. The van der Waals surface area contributed by atoms with Crippen LogP contribution in [0, 0.1) is 0 Å². The minimum absolute atomic E-state index is 0.0966. The maximum Gasteiger partial charge on any atom is 0.451 e. The van der Waals surface area contributed by atoms with Crippen molar-refractivity contribution in [1.29, 1.82) is 0 Å². The highest BCUT2D eigenvalue weighted by atomic mass is 19.4. The van der Waals surface area contributed by atoms with Crippen molar-refractivity contribution in [2.24, 2.45) is 0 Å². The number of fused-ring (bicyclic) bond motifs is 1. The van der Waals surface area contributed by atoms with E-state index < -0.39 is 30.2 Å². The maximum absolute atomic E-state index is 14.1. The SMILES string of the molecule is COCC(F)(F)c1ccn2c(-c3cnc[nH]3)c(-c3n[nH]c(C(F)(F)F)n3)nc2n1. The van der Waals surface area contributed by atoms with E-state index in [-0.39, 0.29) is 23.0 Å². The third-order valence-electron chi connectivity index (χ3n) is 3.91. The Morgan fingerprint density at radius 1 is 1.14 bits per heavy atom. The molecule has 0 spiro atoms. The van der Waals surface area contributed by atoms with E-state index in [0.717, 1.165) is 13.2 Å². The molecule has 0 fully saturated rings. The van der Waals surface area contributed by atoms with Gasteiger partial charge in [0, 0.05) is 13.3 Å². The fourth-order valence-electron chi connectivity index (χ4n) is 2.68. The molecule has 0 aliphatic rings. The summed E-state index contributed by atoms with van der Waals surface area (Å²) in [5.74, 6) is -5.26. The van der Waals surface area contributed by atoms with E-state index in [2.05, 4.69) is 34.8 Å². The number of alkyl halides is 5. The molecule has 9 nitrogen and oxygen atoms in total. The average Bonchev–Trinajstić information content (AvgIpc) is 3.38. The fourth-order valence-corrected chi connectivity index (χ4v) is 2.68. The molecule has 4 rings (SSSR count). The molecule has 4 aromatic heterocycles. The highest BCUT2D eigenvalue weighted by Crippen LogP contribution is 2.33. The zero-order chi connectivity index (χ0) is 20.8. The Hall–Kier alpha value is -3.42. The van der Waals surface area contributed by atoms with Crippen molar-refractivity contribution in [2.45, 2.75) is 12.1 Å². The number of methoxy groups -OCH3 is 1. The minimum Gasteiger partial charge on any atom is -0.378 e. The summed E-state index contributed by atoms with van der Waals surface area (Å²) < 4.78 is 72.7.